The van der Waals surface area contributed by atoms with Crippen molar-refractivity contribution in [3.63, 3.8) is 0 Å². The summed E-state index contributed by atoms with van der Waals surface area (Å²) >= 11 is 0. The number of piperazine rings is 1. The van der Waals surface area contributed by atoms with Gasteiger partial charge in [-0.1, -0.05) is 6.07 Å². The lowest BCUT2D eigenvalue weighted by Crippen LogP contribution is -2.54. The van der Waals surface area contributed by atoms with Crippen LogP contribution in [0.2, 0.25) is 0 Å². The van der Waals surface area contributed by atoms with E-state index in [0.717, 1.165) is 31.4 Å². The number of alkyl halides is 3. The van der Waals surface area contributed by atoms with Gasteiger partial charge in [0.15, 0.2) is 0 Å². The van der Waals surface area contributed by atoms with Crippen LogP contribution in [0.3, 0.4) is 0 Å². The Labute approximate surface area is 161 Å². The molecule has 1 aromatic rings. The molecule has 3 aliphatic rings. The highest BCUT2D eigenvalue weighted by Gasteiger charge is 2.50. The number of hydrogen-bond donors (Lipinski definition) is 1. The molecule has 2 aliphatic carbocycles. The van der Waals surface area contributed by atoms with Crippen LogP contribution in [0.25, 0.3) is 0 Å². The van der Waals surface area contributed by atoms with E-state index in [2.05, 4.69) is 0 Å². The predicted molar refractivity (Wildman–Crippen MR) is 96.2 cm³/mol. The third kappa shape index (κ3) is 3.38. The summed E-state index contributed by atoms with van der Waals surface area (Å²) in [5, 5.41) is 0. The molecule has 0 spiro atoms. The van der Waals surface area contributed by atoms with E-state index in [9.17, 15) is 22.8 Å². The Bertz CT molecular complexity index is 772. The molecule has 4 unspecified atom stereocenters. The first-order valence-electron chi connectivity index (χ1n) is 9.76. The molecule has 2 N–H and O–H groups in total. The maximum absolute atomic E-state index is 12.9. The summed E-state index contributed by atoms with van der Waals surface area (Å²) in [6, 6.07) is 4.39. The number of amides is 2. The van der Waals surface area contributed by atoms with E-state index < -0.39 is 17.6 Å². The van der Waals surface area contributed by atoms with E-state index >= 15 is 0 Å². The second-order valence-electron chi connectivity index (χ2n) is 8.13. The molecule has 8 heteroatoms. The van der Waals surface area contributed by atoms with Gasteiger partial charge in [-0.25, -0.2) is 0 Å². The summed E-state index contributed by atoms with van der Waals surface area (Å²) in [5.74, 6) is 0.338. The zero-order valence-corrected chi connectivity index (χ0v) is 15.5. The summed E-state index contributed by atoms with van der Waals surface area (Å²) < 4.78 is 38.6. The van der Waals surface area contributed by atoms with Gasteiger partial charge in [0.1, 0.15) is 0 Å². The van der Waals surface area contributed by atoms with Gasteiger partial charge in [0.25, 0.3) is 5.91 Å². The highest BCUT2D eigenvalue weighted by Crippen LogP contribution is 2.48. The van der Waals surface area contributed by atoms with Crippen LogP contribution >= 0.6 is 0 Å². The first-order chi connectivity index (χ1) is 13.3. The molecule has 5 nitrogen and oxygen atoms in total. The Hall–Kier alpha value is -2.09. The van der Waals surface area contributed by atoms with E-state index in [1.54, 1.807) is 4.90 Å². The molecule has 2 bridgehead atoms. The number of carbonyl (C=O) groups excluding carboxylic acids is 2. The fourth-order valence-corrected chi connectivity index (χ4v) is 5.05. The lowest BCUT2D eigenvalue weighted by atomic mass is 9.84. The van der Waals surface area contributed by atoms with Crippen LogP contribution in [0, 0.1) is 17.8 Å². The molecular weight excluding hydrogens is 371 g/mol. The minimum Gasteiger partial charge on any atom is -0.339 e. The SMILES string of the molecule is NC1C2CCC(C2)C1C(=O)N1CCN(C(=O)c2cccc(C(F)(F)F)c2)CC1. The van der Waals surface area contributed by atoms with Crippen LogP contribution in [0.15, 0.2) is 24.3 Å². The topological polar surface area (TPSA) is 66.6 Å². The Kier molecular flexibility index (Phi) is 4.85. The van der Waals surface area contributed by atoms with Crippen molar-refractivity contribution in [3.8, 4) is 0 Å². The van der Waals surface area contributed by atoms with Gasteiger partial charge in [0, 0.05) is 37.8 Å². The molecule has 1 aliphatic heterocycles. The molecular formula is C20H24F3N3O2. The van der Waals surface area contributed by atoms with Crippen molar-refractivity contribution < 1.29 is 22.8 Å². The summed E-state index contributed by atoms with van der Waals surface area (Å²) in [6.45, 7) is 1.42. The monoisotopic (exact) mass is 395 g/mol. The molecule has 2 amide bonds. The van der Waals surface area contributed by atoms with E-state index in [0.29, 0.717) is 38.0 Å². The minimum absolute atomic E-state index is 0.0183. The van der Waals surface area contributed by atoms with Gasteiger partial charge >= 0.3 is 6.18 Å². The molecule has 3 fully saturated rings. The first-order valence-corrected chi connectivity index (χ1v) is 9.76. The van der Waals surface area contributed by atoms with E-state index in [1.165, 1.54) is 17.0 Å². The summed E-state index contributed by atoms with van der Waals surface area (Å²) in [6.07, 6.45) is -1.29. The summed E-state index contributed by atoms with van der Waals surface area (Å²) in [4.78, 5) is 28.8. The van der Waals surface area contributed by atoms with Crippen molar-refractivity contribution >= 4 is 11.8 Å². The molecule has 4 atom stereocenters. The molecule has 0 radical (unpaired) electrons. The maximum atomic E-state index is 12.9. The van der Waals surface area contributed by atoms with Crippen molar-refractivity contribution in [2.45, 2.75) is 31.5 Å². The first kappa shape index (κ1) is 19.2. The van der Waals surface area contributed by atoms with E-state index in [-0.39, 0.29) is 23.4 Å². The van der Waals surface area contributed by atoms with Crippen molar-refractivity contribution in [2.75, 3.05) is 26.2 Å². The van der Waals surface area contributed by atoms with E-state index in [4.69, 9.17) is 5.73 Å². The van der Waals surface area contributed by atoms with Crippen molar-refractivity contribution in [1.82, 2.24) is 9.80 Å². The van der Waals surface area contributed by atoms with E-state index in [1.807, 2.05) is 0 Å². The largest absolute Gasteiger partial charge is 0.416 e. The van der Waals surface area contributed by atoms with Gasteiger partial charge in [-0.3, -0.25) is 9.59 Å². The highest BCUT2D eigenvalue weighted by molar-refractivity contribution is 5.94. The fraction of sp³-hybridized carbons (Fsp3) is 0.600. The summed E-state index contributed by atoms with van der Waals surface area (Å²) in [7, 11) is 0. The van der Waals surface area contributed by atoms with Gasteiger partial charge in [0.2, 0.25) is 5.91 Å². The molecule has 1 heterocycles. The standard InChI is InChI=1S/C20H24F3N3O2/c21-20(22,23)15-3-1-2-14(11-15)18(27)25-6-8-26(9-7-25)19(28)16-12-4-5-13(10-12)17(16)24/h1-3,11-13,16-17H,4-10,24H2. The van der Waals surface area contributed by atoms with Gasteiger partial charge < -0.3 is 15.5 Å². The van der Waals surface area contributed by atoms with Crippen molar-refractivity contribution in [3.05, 3.63) is 35.4 Å². The third-order valence-corrected chi connectivity index (χ3v) is 6.58. The zero-order valence-electron chi connectivity index (χ0n) is 15.5. The maximum Gasteiger partial charge on any atom is 0.416 e. The van der Waals surface area contributed by atoms with Crippen LogP contribution in [-0.2, 0) is 11.0 Å². The van der Waals surface area contributed by atoms with Gasteiger partial charge in [0.05, 0.1) is 11.5 Å². The Morgan fingerprint density at radius 2 is 1.64 bits per heavy atom. The number of nitrogens with two attached hydrogens (primary N) is 1. The molecule has 4 rings (SSSR count). The Balaban J connectivity index is 1.38. The van der Waals surface area contributed by atoms with Crippen LogP contribution in [0.5, 0.6) is 0 Å². The lowest BCUT2D eigenvalue weighted by molar-refractivity contribution is -0.139. The van der Waals surface area contributed by atoms with Gasteiger partial charge in [-0.15, -0.1) is 0 Å². The van der Waals surface area contributed by atoms with Crippen LogP contribution in [0.4, 0.5) is 13.2 Å². The molecule has 1 saturated heterocycles. The highest BCUT2D eigenvalue weighted by atomic mass is 19.4. The zero-order chi connectivity index (χ0) is 20.1. The number of hydrogen-bond acceptors (Lipinski definition) is 3. The molecule has 2 saturated carbocycles. The Morgan fingerprint density at radius 3 is 2.25 bits per heavy atom. The fourth-order valence-electron chi connectivity index (χ4n) is 5.05. The average Bonchev–Trinajstić information content (AvgIpc) is 3.28. The van der Waals surface area contributed by atoms with Gasteiger partial charge in [-0.2, -0.15) is 13.2 Å². The molecule has 0 aromatic heterocycles. The third-order valence-electron chi connectivity index (χ3n) is 6.58. The predicted octanol–water partition coefficient (Wildman–Crippen LogP) is 2.36. The van der Waals surface area contributed by atoms with Crippen LogP contribution in [0.1, 0.15) is 35.2 Å². The Morgan fingerprint density at radius 1 is 1.00 bits per heavy atom. The average molecular weight is 395 g/mol. The number of carbonyl (C=O) groups is 2. The quantitative estimate of drug-likeness (QED) is 0.836. The second kappa shape index (κ2) is 7.06. The number of rotatable bonds is 2. The smallest absolute Gasteiger partial charge is 0.339 e. The van der Waals surface area contributed by atoms with Crippen molar-refractivity contribution in [2.24, 2.45) is 23.5 Å². The second-order valence-corrected chi connectivity index (χ2v) is 8.13. The molecule has 1 aromatic carbocycles. The number of halogens is 3. The molecule has 28 heavy (non-hydrogen) atoms. The summed E-state index contributed by atoms with van der Waals surface area (Å²) in [5.41, 5.74) is 5.45. The van der Waals surface area contributed by atoms with Crippen LogP contribution < -0.4 is 5.73 Å². The lowest BCUT2D eigenvalue weighted by Gasteiger charge is -2.38. The minimum atomic E-state index is -4.49. The van der Waals surface area contributed by atoms with Gasteiger partial charge in [-0.05, 0) is 49.3 Å². The van der Waals surface area contributed by atoms with Crippen LogP contribution in [-0.4, -0.2) is 53.8 Å². The molecule has 152 valence electrons. The normalized spacial score (nSPS) is 30.0. The number of nitrogens with zero attached hydrogens (tertiary/aromatic N) is 2. The van der Waals surface area contributed by atoms with Crippen molar-refractivity contribution in [1.29, 1.82) is 0 Å². The number of benzene rings is 1. The number of fused-ring (bicyclic) bond motifs is 2.